The number of halogens is 3. The molecule has 1 aromatic rings. The first-order valence-electron chi connectivity index (χ1n) is 6.41. The summed E-state index contributed by atoms with van der Waals surface area (Å²) in [4.78, 5) is 11.0. The molecule has 0 fully saturated rings. The first-order chi connectivity index (χ1) is 9.90. The van der Waals surface area contributed by atoms with E-state index in [-0.39, 0.29) is 12.1 Å². The number of anilines is 1. The van der Waals surface area contributed by atoms with Crippen LogP contribution in [-0.2, 0) is 11.3 Å². The molecule has 0 radical (unpaired) electrons. The summed E-state index contributed by atoms with van der Waals surface area (Å²) >= 11 is 0. The zero-order valence-electron chi connectivity index (χ0n) is 11.6. The molecule has 114 valence electrons. The van der Waals surface area contributed by atoms with Crippen molar-refractivity contribution in [3.05, 3.63) is 53.3 Å². The number of rotatable bonds is 6. The lowest BCUT2D eigenvalue weighted by Gasteiger charge is -2.11. The smallest absolute Gasteiger partial charge is 0.353 e. The Morgan fingerprint density at radius 2 is 2.10 bits per heavy atom. The fourth-order valence-electron chi connectivity index (χ4n) is 1.69. The minimum absolute atomic E-state index is 0.166. The van der Waals surface area contributed by atoms with E-state index in [0.29, 0.717) is 18.5 Å². The van der Waals surface area contributed by atoms with Crippen LogP contribution in [0.25, 0.3) is 0 Å². The molecule has 0 aliphatic heterocycles. The van der Waals surface area contributed by atoms with Gasteiger partial charge in [0.25, 0.3) is 0 Å². The van der Waals surface area contributed by atoms with Crippen molar-refractivity contribution in [3.63, 3.8) is 0 Å². The van der Waals surface area contributed by atoms with Crippen LogP contribution < -0.4 is 11.1 Å². The Labute approximate surface area is 121 Å². The molecular formula is C15H17F3N2O. The van der Waals surface area contributed by atoms with Crippen LogP contribution in [-0.4, -0.2) is 12.5 Å². The number of benzene rings is 1. The molecule has 0 aliphatic carbocycles. The van der Waals surface area contributed by atoms with E-state index in [1.165, 1.54) is 0 Å². The molecule has 3 N–H and O–H groups in total. The van der Waals surface area contributed by atoms with Gasteiger partial charge in [0, 0.05) is 12.2 Å². The average Bonchev–Trinajstić information content (AvgIpc) is 2.45. The third-order valence-electron chi connectivity index (χ3n) is 2.64. The first-order valence-corrected chi connectivity index (χ1v) is 6.41. The number of aldehydes is 1. The quantitative estimate of drug-likeness (QED) is 0.480. The molecule has 21 heavy (non-hydrogen) atoms. The Morgan fingerprint density at radius 3 is 2.62 bits per heavy atom. The van der Waals surface area contributed by atoms with E-state index < -0.39 is 11.7 Å². The maximum absolute atomic E-state index is 12.8. The fourth-order valence-corrected chi connectivity index (χ4v) is 1.69. The number of carbonyl (C=O) groups is 1. The van der Waals surface area contributed by atoms with Gasteiger partial charge in [0.1, 0.15) is 0 Å². The Bertz CT molecular complexity index is 548. The van der Waals surface area contributed by atoms with E-state index >= 15 is 0 Å². The first kappa shape index (κ1) is 17.0. The lowest BCUT2D eigenvalue weighted by molar-refractivity contribution is -0.104. The summed E-state index contributed by atoms with van der Waals surface area (Å²) in [5, 5.41) is 2.66. The molecule has 0 aliphatic rings. The van der Waals surface area contributed by atoms with Gasteiger partial charge in [0.2, 0.25) is 0 Å². The standard InChI is InChI=1S/C15H17F3N2O/c1-2-4-12(15(16,17)18)8-14(10-21)20-13-6-3-5-11(7-13)9-19/h3-8,10,20H,2,9,19H2,1H3/b12-4-,14-8-. The number of nitrogens with two attached hydrogens (primary N) is 1. The highest BCUT2D eigenvalue weighted by atomic mass is 19.4. The van der Waals surface area contributed by atoms with Crippen molar-refractivity contribution in [3.8, 4) is 0 Å². The highest BCUT2D eigenvalue weighted by molar-refractivity contribution is 5.79. The molecule has 0 saturated carbocycles. The van der Waals surface area contributed by atoms with E-state index in [1.807, 2.05) is 0 Å². The number of carbonyl (C=O) groups excluding carboxylic acids is 1. The van der Waals surface area contributed by atoms with Gasteiger partial charge in [-0.1, -0.05) is 25.1 Å². The van der Waals surface area contributed by atoms with Gasteiger partial charge in [-0.3, -0.25) is 4.79 Å². The molecule has 3 nitrogen and oxygen atoms in total. The maximum atomic E-state index is 12.8. The third kappa shape index (κ3) is 5.43. The van der Waals surface area contributed by atoms with E-state index in [0.717, 1.165) is 17.7 Å². The zero-order valence-corrected chi connectivity index (χ0v) is 11.6. The maximum Gasteiger partial charge on any atom is 0.416 e. The van der Waals surface area contributed by atoms with E-state index in [4.69, 9.17) is 5.73 Å². The van der Waals surface area contributed by atoms with Gasteiger partial charge in [-0.25, -0.2) is 0 Å². The van der Waals surface area contributed by atoms with E-state index in [9.17, 15) is 18.0 Å². The van der Waals surface area contributed by atoms with Crippen molar-refractivity contribution in [1.29, 1.82) is 0 Å². The zero-order chi connectivity index (χ0) is 15.9. The number of nitrogens with one attached hydrogen (secondary N) is 1. The van der Waals surface area contributed by atoms with E-state index in [2.05, 4.69) is 5.32 Å². The van der Waals surface area contributed by atoms with Crippen molar-refractivity contribution in [2.24, 2.45) is 5.73 Å². The van der Waals surface area contributed by atoms with Crippen LogP contribution in [0.4, 0.5) is 18.9 Å². The van der Waals surface area contributed by atoms with Crippen LogP contribution in [0.1, 0.15) is 18.9 Å². The highest BCUT2D eigenvalue weighted by Crippen LogP contribution is 2.28. The second kappa shape index (κ2) is 7.64. The molecular weight excluding hydrogens is 281 g/mol. The van der Waals surface area contributed by atoms with Gasteiger partial charge < -0.3 is 11.1 Å². The SMILES string of the molecule is CC/C=C(/C=C(/C=O)Nc1cccc(CN)c1)C(F)(F)F. The van der Waals surface area contributed by atoms with Gasteiger partial charge in [0.05, 0.1) is 11.3 Å². The number of hydrogen-bond acceptors (Lipinski definition) is 3. The fraction of sp³-hybridized carbons (Fsp3) is 0.267. The van der Waals surface area contributed by atoms with Crippen molar-refractivity contribution >= 4 is 12.0 Å². The Morgan fingerprint density at radius 1 is 1.38 bits per heavy atom. The molecule has 0 atom stereocenters. The number of allylic oxidation sites excluding steroid dienone is 4. The van der Waals surface area contributed by atoms with Gasteiger partial charge >= 0.3 is 6.18 Å². The summed E-state index contributed by atoms with van der Waals surface area (Å²) in [6.07, 6.45) is -2.09. The lowest BCUT2D eigenvalue weighted by Crippen LogP contribution is -2.12. The minimum Gasteiger partial charge on any atom is -0.353 e. The second-order valence-corrected chi connectivity index (χ2v) is 4.31. The van der Waals surface area contributed by atoms with E-state index in [1.54, 1.807) is 31.2 Å². The summed E-state index contributed by atoms with van der Waals surface area (Å²) in [5.41, 5.74) is 5.79. The van der Waals surface area contributed by atoms with Gasteiger partial charge in [-0.2, -0.15) is 13.2 Å². The molecule has 0 saturated heterocycles. The van der Waals surface area contributed by atoms with Crippen LogP contribution in [0.2, 0.25) is 0 Å². The highest BCUT2D eigenvalue weighted by Gasteiger charge is 2.31. The third-order valence-corrected chi connectivity index (χ3v) is 2.64. The predicted molar refractivity (Wildman–Crippen MR) is 76.5 cm³/mol. The van der Waals surface area contributed by atoms with Crippen LogP contribution in [0.5, 0.6) is 0 Å². The van der Waals surface area contributed by atoms with Crippen molar-refractivity contribution in [2.45, 2.75) is 26.1 Å². The summed E-state index contributed by atoms with van der Waals surface area (Å²) in [5.74, 6) is 0. The normalized spacial score (nSPS) is 13.2. The average molecular weight is 298 g/mol. The number of alkyl halides is 3. The van der Waals surface area contributed by atoms with Crippen LogP contribution >= 0.6 is 0 Å². The second-order valence-electron chi connectivity index (χ2n) is 4.31. The van der Waals surface area contributed by atoms with Crippen LogP contribution in [0.3, 0.4) is 0 Å². The van der Waals surface area contributed by atoms with Gasteiger partial charge in [-0.05, 0) is 30.2 Å². The molecule has 0 spiro atoms. The van der Waals surface area contributed by atoms with Crippen LogP contribution in [0.15, 0.2) is 47.7 Å². The Balaban J connectivity index is 3.03. The molecule has 1 aromatic carbocycles. The lowest BCUT2D eigenvalue weighted by atomic mass is 10.1. The topological polar surface area (TPSA) is 55.1 Å². The molecule has 0 bridgehead atoms. The Hall–Kier alpha value is -2.08. The van der Waals surface area contributed by atoms with Crippen LogP contribution in [0, 0.1) is 0 Å². The number of hydrogen-bond donors (Lipinski definition) is 2. The van der Waals surface area contributed by atoms with Crippen molar-refractivity contribution < 1.29 is 18.0 Å². The van der Waals surface area contributed by atoms with Gasteiger partial charge in [0.15, 0.2) is 6.29 Å². The predicted octanol–water partition coefficient (Wildman–Crippen LogP) is 3.54. The monoisotopic (exact) mass is 298 g/mol. The summed E-state index contributed by atoms with van der Waals surface area (Å²) in [6, 6.07) is 6.81. The molecule has 6 heteroatoms. The molecule has 1 rings (SSSR count). The molecule has 0 heterocycles. The molecule has 0 unspecified atom stereocenters. The largest absolute Gasteiger partial charge is 0.416 e. The molecule has 0 aromatic heterocycles. The summed E-state index contributed by atoms with van der Waals surface area (Å²) in [6.45, 7) is 1.90. The minimum atomic E-state index is -4.49. The van der Waals surface area contributed by atoms with Crippen molar-refractivity contribution in [1.82, 2.24) is 0 Å². The molecule has 0 amide bonds. The van der Waals surface area contributed by atoms with Crippen molar-refractivity contribution in [2.75, 3.05) is 5.32 Å². The van der Waals surface area contributed by atoms with Gasteiger partial charge in [-0.15, -0.1) is 0 Å². The summed E-state index contributed by atoms with van der Waals surface area (Å²) in [7, 11) is 0. The Kier molecular flexibility index (Phi) is 6.17. The summed E-state index contributed by atoms with van der Waals surface area (Å²) < 4.78 is 38.4.